The summed E-state index contributed by atoms with van der Waals surface area (Å²) in [6, 6.07) is 4.19. The lowest BCUT2D eigenvalue weighted by Crippen LogP contribution is -2.60. The molecule has 0 aromatic heterocycles. The van der Waals surface area contributed by atoms with Crippen LogP contribution in [0.3, 0.4) is 0 Å². The van der Waals surface area contributed by atoms with E-state index in [9.17, 15) is 30.3 Å². The summed E-state index contributed by atoms with van der Waals surface area (Å²) < 4.78 is 10.6. The van der Waals surface area contributed by atoms with Crippen molar-refractivity contribution >= 4 is 11.9 Å². The molecule has 0 unspecified atom stereocenters. The van der Waals surface area contributed by atoms with E-state index in [0.717, 1.165) is 6.08 Å². The number of rotatable bonds is 6. The van der Waals surface area contributed by atoms with Gasteiger partial charge in [0.25, 0.3) is 0 Å². The normalized spacial score (nSPS) is 29.1. The predicted molar refractivity (Wildman–Crippen MR) is 92.9 cm³/mol. The minimum absolute atomic E-state index is 0.0695. The summed E-state index contributed by atoms with van der Waals surface area (Å²) in [6.45, 7) is 0.693. The molecule has 1 aliphatic heterocycles. The van der Waals surface area contributed by atoms with Gasteiger partial charge in [-0.3, -0.25) is 4.79 Å². The number of allylic oxidation sites excluding steroid dienone is 2. The number of aliphatic hydroxyl groups is 5. The van der Waals surface area contributed by atoms with Crippen LogP contribution >= 0.6 is 0 Å². The number of phenolic OH excluding ortho intramolecular Hbond substituents is 1. The number of ketones is 1. The smallest absolute Gasteiger partial charge is 0.229 e. The van der Waals surface area contributed by atoms with Gasteiger partial charge in [0.05, 0.1) is 6.61 Å². The molecular weight excluding hydrogens is 360 g/mol. The van der Waals surface area contributed by atoms with Crippen LogP contribution in [0.4, 0.5) is 0 Å². The van der Waals surface area contributed by atoms with Crippen LogP contribution in [-0.4, -0.2) is 73.7 Å². The summed E-state index contributed by atoms with van der Waals surface area (Å²) in [5.74, 6) is -0.948. The zero-order valence-corrected chi connectivity index (χ0v) is 14.5. The van der Waals surface area contributed by atoms with Crippen molar-refractivity contribution in [2.24, 2.45) is 0 Å². The van der Waals surface area contributed by atoms with E-state index in [1.807, 2.05) is 0 Å². The minimum Gasteiger partial charge on any atom is -0.508 e. The summed E-state index contributed by atoms with van der Waals surface area (Å²) in [4.78, 5) is 10.9. The Balaban J connectivity index is 2.12. The lowest BCUT2D eigenvalue weighted by atomic mass is 9.99. The first-order valence-corrected chi connectivity index (χ1v) is 8.12. The van der Waals surface area contributed by atoms with Gasteiger partial charge in [0.1, 0.15) is 30.2 Å². The molecule has 1 aromatic carbocycles. The van der Waals surface area contributed by atoms with Crippen molar-refractivity contribution in [3.05, 3.63) is 41.7 Å². The molecule has 9 heteroatoms. The van der Waals surface area contributed by atoms with Crippen LogP contribution in [0.2, 0.25) is 0 Å². The number of phenols is 1. The number of ether oxygens (including phenoxy) is 2. The highest BCUT2D eigenvalue weighted by molar-refractivity contribution is 5.88. The van der Waals surface area contributed by atoms with Crippen molar-refractivity contribution in [3.8, 4) is 11.5 Å². The molecule has 0 saturated carbocycles. The third-order valence-electron chi connectivity index (χ3n) is 3.87. The van der Waals surface area contributed by atoms with Crippen molar-refractivity contribution in [2.45, 2.75) is 37.6 Å². The third-order valence-corrected chi connectivity index (χ3v) is 3.87. The van der Waals surface area contributed by atoms with Crippen LogP contribution in [-0.2, 0) is 9.53 Å². The number of aliphatic hydroxyl groups excluding tert-OH is 5. The van der Waals surface area contributed by atoms with Crippen LogP contribution < -0.4 is 4.74 Å². The Hall–Kier alpha value is -2.43. The topological polar surface area (TPSA) is 157 Å². The predicted octanol–water partition coefficient (Wildman–Crippen LogP) is -0.385. The molecule has 0 radical (unpaired) electrons. The molecule has 1 fully saturated rings. The molecule has 1 aromatic rings. The second-order valence-electron chi connectivity index (χ2n) is 6.06. The van der Waals surface area contributed by atoms with Gasteiger partial charge in [-0.25, -0.2) is 0 Å². The van der Waals surface area contributed by atoms with E-state index in [0.29, 0.717) is 5.56 Å². The van der Waals surface area contributed by atoms with E-state index in [1.165, 1.54) is 37.3 Å². The molecule has 0 bridgehead atoms. The number of benzene rings is 1. The molecule has 0 aliphatic carbocycles. The highest BCUT2D eigenvalue weighted by atomic mass is 16.7. The summed E-state index contributed by atoms with van der Waals surface area (Å²) in [6.07, 6.45) is -3.50. The lowest BCUT2D eigenvalue weighted by molar-refractivity contribution is -0.277. The average molecular weight is 382 g/mol. The van der Waals surface area contributed by atoms with Crippen LogP contribution in [0.15, 0.2) is 36.1 Å². The van der Waals surface area contributed by atoms with Gasteiger partial charge < -0.3 is 40.1 Å². The Kier molecular flexibility index (Phi) is 6.94. The van der Waals surface area contributed by atoms with Crippen LogP contribution in [0.5, 0.6) is 11.5 Å². The Morgan fingerprint density at radius 3 is 2.52 bits per heavy atom. The first kappa shape index (κ1) is 20.9. The fraction of sp³-hybridized carbons (Fsp3) is 0.389. The lowest BCUT2D eigenvalue weighted by Gasteiger charge is -2.39. The Morgan fingerprint density at radius 2 is 1.93 bits per heavy atom. The van der Waals surface area contributed by atoms with Gasteiger partial charge in [-0.1, -0.05) is 12.1 Å². The third kappa shape index (κ3) is 5.28. The van der Waals surface area contributed by atoms with Gasteiger partial charge in [0.15, 0.2) is 17.3 Å². The average Bonchev–Trinajstić information content (AvgIpc) is 2.61. The molecule has 2 rings (SSSR count). The molecule has 1 heterocycles. The number of carbonyl (C=O) groups excluding carboxylic acids is 1. The fourth-order valence-electron chi connectivity index (χ4n) is 2.47. The van der Waals surface area contributed by atoms with Crippen molar-refractivity contribution in [2.75, 3.05) is 6.61 Å². The van der Waals surface area contributed by atoms with Crippen molar-refractivity contribution in [3.63, 3.8) is 0 Å². The maximum absolute atomic E-state index is 10.9. The first-order valence-electron chi connectivity index (χ1n) is 8.12. The summed E-state index contributed by atoms with van der Waals surface area (Å²) in [7, 11) is 0. The van der Waals surface area contributed by atoms with Crippen molar-refractivity contribution < 1.29 is 44.9 Å². The van der Waals surface area contributed by atoms with Crippen LogP contribution in [0.1, 0.15) is 12.5 Å². The summed E-state index contributed by atoms with van der Waals surface area (Å²) >= 11 is 0. The summed E-state index contributed by atoms with van der Waals surface area (Å²) in [5.41, 5.74) is 0.483. The highest BCUT2D eigenvalue weighted by Crippen LogP contribution is 2.31. The minimum atomic E-state index is -1.60. The van der Waals surface area contributed by atoms with Crippen LogP contribution in [0, 0.1) is 0 Å². The molecule has 0 amide bonds. The van der Waals surface area contributed by atoms with Gasteiger partial charge >= 0.3 is 0 Å². The molecular formula is C18H22O9. The maximum atomic E-state index is 10.9. The second-order valence-corrected chi connectivity index (χ2v) is 6.06. The van der Waals surface area contributed by atoms with Gasteiger partial charge in [0.2, 0.25) is 6.29 Å². The van der Waals surface area contributed by atoms with Crippen LogP contribution in [0.25, 0.3) is 6.08 Å². The van der Waals surface area contributed by atoms with E-state index in [4.69, 9.17) is 14.6 Å². The summed E-state index contributed by atoms with van der Waals surface area (Å²) in [5, 5.41) is 58.2. The van der Waals surface area contributed by atoms with Gasteiger partial charge in [-0.2, -0.15) is 0 Å². The number of aromatic hydroxyl groups is 1. The van der Waals surface area contributed by atoms with Gasteiger partial charge in [-0.15, -0.1) is 0 Å². The molecule has 27 heavy (non-hydrogen) atoms. The van der Waals surface area contributed by atoms with Gasteiger partial charge in [0, 0.05) is 6.08 Å². The zero-order valence-electron chi connectivity index (χ0n) is 14.5. The molecule has 1 aliphatic rings. The Bertz CT molecular complexity index is 726. The monoisotopic (exact) mass is 382 g/mol. The maximum Gasteiger partial charge on any atom is 0.229 e. The number of hydrogen-bond donors (Lipinski definition) is 6. The molecule has 5 atom stereocenters. The number of carbonyl (C=O) groups is 1. The molecule has 1 saturated heterocycles. The van der Waals surface area contributed by atoms with Crippen molar-refractivity contribution in [1.29, 1.82) is 0 Å². The molecule has 9 nitrogen and oxygen atoms in total. The van der Waals surface area contributed by atoms with E-state index >= 15 is 0 Å². The zero-order chi connectivity index (χ0) is 20.1. The van der Waals surface area contributed by atoms with Crippen molar-refractivity contribution in [1.82, 2.24) is 0 Å². The SMILES string of the molecule is CC(=O)/C=C(O)/C=C/c1ccc(O[C@@H]2O[C@H](CO)[C@@H](O)[C@H](O)[C@H]2O)c(O)c1. The van der Waals surface area contributed by atoms with E-state index in [2.05, 4.69) is 0 Å². The number of hydrogen-bond acceptors (Lipinski definition) is 9. The molecule has 6 N–H and O–H groups in total. The van der Waals surface area contributed by atoms with E-state index in [-0.39, 0.29) is 23.0 Å². The highest BCUT2D eigenvalue weighted by Gasteiger charge is 2.44. The molecule has 0 spiro atoms. The van der Waals surface area contributed by atoms with Gasteiger partial charge in [-0.05, 0) is 30.7 Å². The standard InChI is InChI=1S/C18H22O9/c1-9(20)6-11(21)4-2-10-3-5-13(12(22)7-10)26-18-17(25)16(24)15(23)14(8-19)27-18/h2-7,14-19,21-25H,8H2,1H3/b4-2+,11-6-/t14-,15-,16+,17-,18-/m1/s1. The Labute approximate surface area is 155 Å². The second kappa shape index (κ2) is 8.98. The van der Waals surface area contributed by atoms with E-state index < -0.39 is 37.3 Å². The largest absolute Gasteiger partial charge is 0.508 e. The molecule has 148 valence electrons. The first-order chi connectivity index (χ1) is 12.7. The quantitative estimate of drug-likeness (QED) is 0.219. The fourth-order valence-corrected chi connectivity index (χ4v) is 2.47. The Morgan fingerprint density at radius 1 is 1.22 bits per heavy atom. The van der Waals surface area contributed by atoms with E-state index in [1.54, 1.807) is 0 Å².